The minimum atomic E-state index is -1.05. The number of carbonyl (C=O) groups excluding carboxylic acids is 1. The zero-order valence-electron chi connectivity index (χ0n) is 12.9. The molecule has 22 heavy (non-hydrogen) atoms. The molecule has 120 valence electrons. The van der Waals surface area contributed by atoms with Crippen LogP contribution in [0.2, 0.25) is 0 Å². The number of hydrogen-bond donors (Lipinski definition) is 2. The number of benzene rings is 1. The van der Waals surface area contributed by atoms with Gasteiger partial charge in [0, 0.05) is 5.92 Å². The number of carboxylic acids is 1. The lowest BCUT2D eigenvalue weighted by Gasteiger charge is -2.19. The number of ether oxygens (including phenoxy) is 1. The van der Waals surface area contributed by atoms with Crippen molar-refractivity contribution in [3.05, 3.63) is 29.8 Å². The Hall–Kier alpha value is -2.04. The summed E-state index contributed by atoms with van der Waals surface area (Å²) in [4.78, 5) is 23.9. The van der Waals surface area contributed by atoms with E-state index in [4.69, 9.17) is 4.74 Å². The van der Waals surface area contributed by atoms with E-state index in [2.05, 4.69) is 5.32 Å². The SMILES string of the molecule is COc1ccc(C(NC(=O)C2CCCCCC2)C(=O)O)cc1. The Bertz CT molecular complexity index is 504. The van der Waals surface area contributed by atoms with E-state index in [1.165, 1.54) is 0 Å². The van der Waals surface area contributed by atoms with Gasteiger partial charge in [-0.1, -0.05) is 37.8 Å². The van der Waals surface area contributed by atoms with Crippen LogP contribution in [0.3, 0.4) is 0 Å². The Morgan fingerprint density at radius 2 is 1.73 bits per heavy atom. The van der Waals surface area contributed by atoms with E-state index < -0.39 is 12.0 Å². The van der Waals surface area contributed by atoms with Crippen LogP contribution in [0.4, 0.5) is 0 Å². The number of carboxylic acid groups (broad SMARTS) is 1. The Labute approximate surface area is 130 Å². The van der Waals surface area contributed by atoms with Gasteiger partial charge in [-0.2, -0.15) is 0 Å². The van der Waals surface area contributed by atoms with E-state index in [1.807, 2.05) is 0 Å². The molecule has 0 heterocycles. The fourth-order valence-electron chi connectivity index (χ4n) is 2.89. The molecule has 1 atom stereocenters. The van der Waals surface area contributed by atoms with Gasteiger partial charge in [0.15, 0.2) is 6.04 Å². The van der Waals surface area contributed by atoms with Gasteiger partial charge in [0.25, 0.3) is 0 Å². The molecule has 1 aromatic rings. The average molecular weight is 305 g/mol. The standard InChI is InChI=1S/C17H23NO4/c1-22-14-10-8-12(9-11-14)15(17(20)21)18-16(19)13-6-4-2-3-5-7-13/h8-11,13,15H,2-7H2,1H3,(H,18,19)(H,20,21). The van der Waals surface area contributed by atoms with Crippen molar-refractivity contribution in [2.45, 2.75) is 44.6 Å². The third-order valence-electron chi connectivity index (χ3n) is 4.21. The third kappa shape index (κ3) is 4.23. The molecular formula is C17H23NO4. The van der Waals surface area contributed by atoms with Gasteiger partial charge >= 0.3 is 5.97 Å². The molecule has 0 radical (unpaired) electrons. The molecule has 0 aromatic heterocycles. The van der Waals surface area contributed by atoms with Gasteiger partial charge in [0.1, 0.15) is 5.75 Å². The fraction of sp³-hybridized carbons (Fsp3) is 0.529. The van der Waals surface area contributed by atoms with Crippen LogP contribution in [0.5, 0.6) is 5.75 Å². The second-order valence-electron chi connectivity index (χ2n) is 5.74. The normalized spacial score (nSPS) is 17.3. The van der Waals surface area contributed by atoms with Crippen LogP contribution in [0.15, 0.2) is 24.3 Å². The van der Waals surface area contributed by atoms with E-state index in [1.54, 1.807) is 31.4 Å². The molecule has 1 fully saturated rings. The molecule has 2 N–H and O–H groups in total. The van der Waals surface area contributed by atoms with Crippen LogP contribution < -0.4 is 10.1 Å². The molecule has 5 nitrogen and oxygen atoms in total. The molecule has 1 aliphatic carbocycles. The Morgan fingerprint density at radius 3 is 2.23 bits per heavy atom. The molecule has 1 aliphatic rings. The van der Waals surface area contributed by atoms with Crippen molar-refractivity contribution < 1.29 is 19.4 Å². The molecule has 0 spiro atoms. The lowest BCUT2D eigenvalue weighted by atomic mass is 9.98. The third-order valence-corrected chi connectivity index (χ3v) is 4.21. The molecular weight excluding hydrogens is 282 g/mol. The van der Waals surface area contributed by atoms with E-state index >= 15 is 0 Å². The quantitative estimate of drug-likeness (QED) is 0.820. The number of carbonyl (C=O) groups is 2. The highest BCUT2D eigenvalue weighted by Gasteiger charge is 2.27. The summed E-state index contributed by atoms with van der Waals surface area (Å²) in [5, 5.41) is 12.1. The van der Waals surface area contributed by atoms with Gasteiger partial charge < -0.3 is 15.2 Å². The van der Waals surface area contributed by atoms with Gasteiger partial charge in [-0.15, -0.1) is 0 Å². The van der Waals surface area contributed by atoms with E-state index in [-0.39, 0.29) is 11.8 Å². The lowest BCUT2D eigenvalue weighted by molar-refractivity contribution is -0.142. The van der Waals surface area contributed by atoms with E-state index in [0.717, 1.165) is 38.5 Å². The predicted molar refractivity (Wildman–Crippen MR) is 82.7 cm³/mol. The van der Waals surface area contributed by atoms with Gasteiger partial charge in [-0.3, -0.25) is 4.79 Å². The first-order valence-electron chi connectivity index (χ1n) is 7.79. The minimum absolute atomic E-state index is 0.0670. The highest BCUT2D eigenvalue weighted by Crippen LogP contribution is 2.24. The van der Waals surface area contributed by atoms with Crippen LogP contribution in [-0.2, 0) is 9.59 Å². The molecule has 2 rings (SSSR count). The Balaban J connectivity index is 2.07. The first kappa shape index (κ1) is 16.3. The van der Waals surface area contributed by atoms with Crippen LogP contribution in [0, 0.1) is 5.92 Å². The van der Waals surface area contributed by atoms with Crippen LogP contribution in [0.1, 0.15) is 50.1 Å². The number of nitrogens with one attached hydrogen (secondary N) is 1. The highest BCUT2D eigenvalue weighted by molar-refractivity contribution is 5.85. The van der Waals surface area contributed by atoms with Crippen molar-refractivity contribution in [3.8, 4) is 5.75 Å². The van der Waals surface area contributed by atoms with Crippen molar-refractivity contribution in [3.63, 3.8) is 0 Å². The van der Waals surface area contributed by atoms with Gasteiger partial charge in [-0.25, -0.2) is 4.79 Å². The maximum atomic E-state index is 12.4. The largest absolute Gasteiger partial charge is 0.497 e. The lowest BCUT2D eigenvalue weighted by Crippen LogP contribution is -2.37. The molecule has 0 saturated heterocycles. The summed E-state index contributed by atoms with van der Waals surface area (Å²) in [5.74, 6) is -0.608. The summed E-state index contributed by atoms with van der Waals surface area (Å²) in [6.07, 6.45) is 6.09. The summed E-state index contributed by atoms with van der Waals surface area (Å²) in [7, 11) is 1.55. The van der Waals surface area contributed by atoms with Crippen molar-refractivity contribution in [1.82, 2.24) is 5.32 Å². The van der Waals surface area contributed by atoms with Crippen molar-refractivity contribution in [1.29, 1.82) is 0 Å². The highest BCUT2D eigenvalue weighted by atomic mass is 16.5. The van der Waals surface area contributed by atoms with Crippen LogP contribution >= 0.6 is 0 Å². The minimum Gasteiger partial charge on any atom is -0.497 e. The zero-order valence-corrected chi connectivity index (χ0v) is 12.9. The number of methoxy groups -OCH3 is 1. The van der Waals surface area contributed by atoms with Crippen molar-refractivity contribution in [2.75, 3.05) is 7.11 Å². The first-order chi connectivity index (χ1) is 10.6. The summed E-state index contributed by atoms with van der Waals surface area (Å²) < 4.78 is 5.06. The average Bonchev–Trinajstić information content (AvgIpc) is 2.81. The number of hydrogen-bond acceptors (Lipinski definition) is 3. The summed E-state index contributed by atoms with van der Waals surface area (Å²) in [6.45, 7) is 0. The van der Waals surface area contributed by atoms with Gasteiger partial charge in [0.2, 0.25) is 5.91 Å². The molecule has 0 bridgehead atoms. The maximum absolute atomic E-state index is 12.4. The number of amides is 1. The monoisotopic (exact) mass is 305 g/mol. The maximum Gasteiger partial charge on any atom is 0.330 e. The molecule has 1 amide bonds. The molecule has 1 unspecified atom stereocenters. The second-order valence-corrected chi connectivity index (χ2v) is 5.74. The van der Waals surface area contributed by atoms with E-state index in [0.29, 0.717) is 11.3 Å². The van der Waals surface area contributed by atoms with Crippen molar-refractivity contribution in [2.24, 2.45) is 5.92 Å². The Morgan fingerprint density at radius 1 is 1.14 bits per heavy atom. The smallest absolute Gasteiger partial charge is 0.330 e. The summed E-state index contributed by atoms with van der Waals surface area (Å²) >= 11 is 0. The first-order valence-corrected chi connectivity index (χ1v) is 7.79. The molecule has 0 aliphatic heterocycles. The number of aliphatic carboxylic acids is 1. The second kappa shape index (κ2) is 7.82. The molecule has 5 heteroatoms. The van der Waals surface area contributed by atoms with Crippen molar-refractivity contribution >= 4 is 11.9 Å². The molecule has 1 aromatic carbocycles. The predicted octanol–water partition coefficient (Wildman–Crippen LogP) is 2.91. The fourth-order valence-corrected chi connectivity index (χ4v) is 2.89. The Kier molecular flexibility index (Phi) is 5.81. The van der Waals surface area contributed by atoms with Gasteiger partial charge in [-0.05, 0) is 30.5 Å². The van der Waals surface area contributed by atoms with E-state index in [9.17, 15) is 14.7 Å². The van der Waals surface area contributed by atoms with Crippen LogP contribution in [-0.4, -0.2) is 24.1 Å². The summed E-state index contributed by atoms with van der Waals surface area (Å²) in [5.41, 5.74) is 0.551. The summed E-state index contributed by atoms with van der Waals surface area (Å²) in [6, 6.07) is 5.73. The van der Waals surface area contributed by atoms with Gasteiger partial charge in [0.05, 0.1) is 7.11 Å². The van der Waals surface area contributed by atoms with Crippen LogP contribution in [0.25, 0.3) is 0 Å². The zero-order chi connectivity index (χ0) is 15.9. The topological polar surface area (TPSA) is 75.6 Å². The number of rotatable bonds is 5. The molecule has 1 saturated carbocycles.